The summed E-state index contributed by atoms with van der Waals surface area (Å²) in [5.41, 5.74) is 0.642. The number of thiazole rings is 1. The van der Waals surface area contributed by atoms with Crippen molar-refractivity contribution in [3.8, 4) is 5.75 Å². The molecule has 1 fully saturated rings. The molecule has 2 heterocycles. The minimum absolute atomic E-state index is 0.0583. The molecule has 0 radical (unpaired) electrons. The van der Waals surface area contributed by atoms with Gasteiger partial charge in [-0.1, -0.05) is 35.6 Å². The maximum atomic E-state index is 13.0. The Morgan fingerprint density at radius 2 is 2.07 bits per heavy atom. The van der Waals surface area contributed by atoms with E-state index in [2.05, 4.69) is 4.98 Å². The van der Waals surface area contributed by atoms with Gasteiger partial charge in [-0.25, -0.2) is 4.98 Å². The summed E-state index contributed by atoms with van der Waals surface area (Å²) in [6.07, 6.45) is 1.77. The number of fused-ring (bicyclic) bond motifs is 1. The van der Waals surface area contributed by atoms with Crippen molar-refractivity contribution in [1.82, 2.24) is 4.98 Å². The van der Waals surface area contributed by atoms with E-state index < -0.39 is 4.92 Å². The Kier molecular flexibility index (Phi) is 5.68. The van der Waals surface area contributed by atoms with Crippen LogP contribution in [0.1, 0.15) is 12.8 Å². The number of amides is 1. The molecule has 0 bridgehead atoms. The number of hydrogen-bond acceptors (Lipinski definition) is 7. The molecule has 1 aliphatic heterocycles. The van der Waals surface area contributed by atoms with Gasteiger partial charge in [-0.05, 0) is 31.0 Å². The quantitative estimate of drug-likeness (QED) is 0.432. The maximum Gasteiger partial charge on any atom is 0.310 e. The van der Waals surface area contributed by atoms with E-state index in [1.54, 1.807) is 17.0 Å². The summed E-state index contributed by atoms with van der Waals surface area (Å²) in [5.74, 6) is -0.259. The van der Waals surface area contributed by atoms with Crippen molar-refractivity contribution in [1.29, 1.82) is 0 Å². The SMILES string of the molecule is O=C(COc1ccccc1[N+](=O)[O-])N(C[C@H]1CCCO1)c1nc2ccccc2s1. The van der Waals surface area contributed by atoms with Crippen LogP contribution in [0.3, 0.4) is 0 Å². The maximum absolute atomic E-state index is 13.0. The van der Waals surface area contributed by atoms with Crippen LogP contribution in [0.25, 0.3) is 10.2 Å². The summed E-state index contributed by atoms with van der Waals surface area (Å²) < 4.78 is 12.2. The predicted octanol–water partition coefficient (Wildman–Crippen LogP) is 3.80. The van der Waals surface area contributed by atoms with E-state index in [9.17, 15) is 14.9 Å². The molecule has 1 saturated heterocycles. The van der Waals surface area contributed by atoms with Crippen molar-refractivity contribution in [3.63, 3.8) is 0 Å². The van der Waals surface area contributed by atoms with E-state index in [-0.39, 0.29) is 30.1 Å². The number of nitrogens with zero attached hydrogens (tertiary/aromatic N) is 3. The minimum atomic E-state index is -0.530. The number of ether oxygens (including phenoxy) is 2. The number of nitro groups is 1. The van der Waals surface area contributed by atoms with Crippen LogP contribution in [0.2, 0.25) is 0 Å². The Bertz CT molecular complexity index is 999. The molecule has 0 saturated carbocycles. The normalized spacial score (nSPS) is 16.1. The lowest BCUT2D eigenvalue weighted by molar-refractivity contribution is -0.385. The number of para-hydroxylation sites is 3. The Balaban J connectivity index is 1.55. The Labute approximate surface area is 170 Å². The first-order valence-electron chi connectivity index (χ1n) is 9.25. The molecule has 0 N–H and O–H groups in total. The molecule has 1 aromatic heterocycles. The van der Waals surface area contributed by atoms with Gasteiger partial charge in [0.05, 0.1) is 27.8 Å². The fraction of sp³-hybridized carbons (Fsp3) is 0.300. The zero-order valence-corrected chi connectivity index (χ0v) is 16.3. The molecule has 29 heavy (non-hydrogen) atoms. The van der Waals surface area contributed by atoms with Gasteiger partial charge < -0.3 is 9.47 Å². The van der Waals surface area contributed by atoms with Crippen LogP contribution in [-0.2, 0) is 9.53 Å². The third-order valence-electron chi connectivity index (χ3n) is 4.64. The highest BCUT2D eigenvalue weighted by Gasteiger charge is 2.27. The second-order valence-electron chi connectivity index (χ2n) is 6.62. The number of aromatic nitrogens is 1. The van der Waals surface area contributed by atoms with Gasteiger partial charge >= 0.3 is 5.69 Å². The van der Waals surface area contributed by atoms with Gasteiger partial charge in [0, 0.05) is 12.7 Å². The number of hydrogen-bond donors (Lipinski definition) is 0. The molecule has 3 aromatic rings. The van der Waals surface area contributed by atoms with Crippen LogP contribution in [0, 0.1) is 10.1 Å². The van der Waals surface area contributed by atoms with Gasteiger partial charge in [-0.2, -0.15) is 0 Å². The van der Waals surface area contributed by atoms with Crippen LogP contribution in [0.15, 0.2) is 48.5 Å². The molecule has 1 amide bonds. The van der Waals surface area contributed by atoms with E-state index >= 15 is 0 Å². The fourth-order valence-corrected chi connectivity index (χ4v) is 4.19. The zero-order valence-electron chi connectivity index (χ0n) is 15.5. The first-order valence-corrected chi connectivity index (χ1v) is 10.1. The molecule has 4 rings (SSSR count). The lowest BCUT2D eigenvalue weighted by Gasteiger charge is -2.23. The Morgan fingerprint density at radius 1 is 1.28 bits per heavy atom. The van der Waals surface area contributed by atoms with E-state index in [0.717, 1.165) is 23.1 Å². The third kappa shape index (κ3) is 4.36. The zero-order chi connectivity index (χ0) is 20.2. The molecule has 8 nitrogen and oxygen atoms in total. The van der Waals surface area contributed by atoms with E-state index in [4.69, 9.17) is 9.47 Å². The van der Waals surface area contributed by atoms with Gasteiger partial charge in [-0.15, -0.1) is 0 Å². The summed E-state index contributed by atoms with van der Waals surface area (Å²) >= 11 is 1.42. The molecule has 0 spiro atoms. The summed E-state index contributed by atoms with van der Waals surface area (Å²) in [6, 6.07) is 13.7. The van der Waals surface area contributed by atoms with Gasteiger partial charge in [0.25, 0.3) is 5.91 Å². The minimum Gasteiger partial charge on any atom is -0.477 e. The highest BCUT2D eigenvalue weighted by atomic mass is 32.1. The lowest BCUT2D eigenvalue weighted by Crippen LogP contribution is -2.40. The third-order valence-corrected chi connectivity index (χ3v) is 5.70. The topological polar surface area (TPSA) is 94.8 Å². The molecule has 9 heteroatoms. The summed E-state index contributed by atoms with van der Waals surface area (Å²) in [4.78, 5) is 29.8. The monoisotopic (exact) mass is 413 g/mol. The Morgan fingerprint density at radius 3 is 2.83 bits per heavy atom. The first-order chi connectivity index (χ1) is 14.1. The number of benzene rings is 2. The molecule has 1 aliphatic rings. The van der Waals surface area contributed by atoms with Crippen LogP contribution in [0.5, 0.6) is 5.75 Å². The fourth-order valence-electron chi connectivity index (χ4n) is 3.20. The molecule has 1 atom stereocenters. The number of anilines is 1. The molecular weight excluding hydrogens is 394 g/mol. The van der Waals surface area contributed by atoms with Crippen LogP contribution < -0.4 is 9.64 Å². The van der Waals surface area contributed by atoms with Gasteiger partial charge in [-0.3, -0.25) is 19.8 Å². The second-order valence-corrected chi connectivity index (χ2v) is 7.63. The van der Waals surface area contributed by atoms with Crippen molar-refractivity contribution in [2.45, 2.75) is 18.9 Å². The molecule has 0 aliphatic carbocycles. The number of carbonyl (C=O) groups excluding carboxylic acids is 1. The van der Waals surface area contributed by atoms with Gasteiger partial charge in [0.15, 0.2) is 17.5 Å². The smallest absolute Gasteiger partial charge is 0.310 e. The predicted molar refractivity (Wildman–Crippen MR) is 110 cm³/mol. The lowest BCUT2D eigenvalue weighted by atomic mass is 10.2. The van der Waals surface area contributed by atoms with Crippen molar-refractivity contribution >= 4 is 38.3 Å². The van der Waals surface area contributed by atoms with Crippen molar-refractivity contribution < 1.29 is 19.2 Å². The largest absolute Gasteiger partial charge is 0.477 e. The summed E-state index contributed by atoms with van der Waals surface area (Å²) in [6.45, 7) is 0.728. The standard InChI is InChI=1S/C20H19N3O5S/c24-19(13-28-17-9-3-2-8-16(17)23(25)26)22(12-14-6-5-11-27-14)20-21-15-7-1-4-10-18(15)29-20/h1-4,7-10,14H,5-6,11-13H2/t14-/m1/s1. The highest BCUT2D eigenvalue weighted by Crippen LogP contribution is 2.30. The van der Waals surface area contributed by atoms with E-state index in [1.807, 2.05) is 24.3 Å². The molecule has 150 valence electrons. The van der Waals surface area contributed by atoms with Crippen molar-refractivity contribution in [2.24, 2.45) is 0 Å². The second kappa shape index (κ2) is 8.54. The molecule has 2 aromatic carbocycles. The number of carbonyl (C=O) groups is 1. The van der Waals surface area contributed by atoms with Crippen LogP contribution in [0.4, 0.5) is 10.8 Å². The molecule has 0 unspecified atom stereocenters. The average molecular weight is 413 g/mol. The highest BCUT2D eigenvalue weighted by molar-refractivity contribution is 7.22. The van der Waals surface area contributed by atoms with E-state index in [0.29, 0.717) is 18.3 Å². The first kappa shape index (κ1) is 19.3. The van der Waals surface area contributed by atoms with E-state index in [1.165, 1.54) is 23.5 Å². The van der Waals surface area contributed by atoms with Crippen LogP contribution in [-0.4, -0.2) is 41.7 Å². The van der Waals surface area contributed by atoms with Gasteiger partial charge in [0.1, 0.15) is 0 Å². The van der Waals surface area contributed by atoms with Crippen LogP contribution >= 0.6 is 11.3 Å². The number of nitro benzene ring substituents is 1. The van der Waals surface area contributed by atoms with Crippen molar-refractivity contribution in [3.05, 3.63) is 58.6 Å². The molecular formula is C20H19N3O5S. The summed E-state index contributed by atoms with van der Waals surface area (Å²) in [5, 5.41) is 11.7. The summed E-state index contributed by atoms with van der Waals surface area (Å²) in [7, 11) is 0. The number of rotatable bonds is 7. The van der Waals surface area contributed by atoms with Crippen molar-refractivity contribution in [2.75, 3.05) is 24.7 Å². The Hall–Kier alpha value is -3.04. The van der Waals surface area contributed by atoms with Gasteiger partial charge in [0.2, 0.25) is 0 Å². The average Bonchev–Trinajstić information content (AvgIpc) is 3.39.